The highest BCUT2D eigenvalue weighted by molar-refractivity contribution is 6.06. The number of alkyl halides is 2. The van der Waals surface area contributed by atoms with Gasteiger partial charge in [-0.25, -0.2) is 4.79 Å². The maximum absolute atomic E-state index is 13.7. The zero-order chi connectivity index (χ0) is 15.6. The van der Waals surface area contributed by atoms with E-state index in [0.29, 0.717) is 18.8 Å². The minimum absolute atomic E-state index is 0.123. The van der Waals surface area contributed by atoms with E-state index >= 15 is 0 Å². The van der Waals surface area contributed by atoms with Crippen LogP contribution in [0.4, 0.5) is 8.78 Å². The average Bonchev–Trinajstić information content (AvgIpc) is 2.37. The number of carbonyl (C=O) groups excluding carboxylic acids is 2. The molecule has 0 saturated heterocycles. The summed E-state index contributed by atoms with van der Waals surface area (Å²) in [6.45, 7) is 7.64. The van der Waals surface area contributed by atoms with Crippen LogP contribution in [0.15, 0.2) is 0 Å². The van der Waals surface area contributed by atoms with Crippen molar-refractivity contribution in [1.29, 1.82) is 0 Å². The Morgan fingerprint density at radius 3 is 2.00 bits per heavy atom. The molecule has 1 aliphatic rings. The third-order valence-electron chi connectivity index (χ3n) is 4.16. The molecule has 0 radical (unpaired) electrons. The number of ether oxygens (including phenoxy) is 1. The molecule has 0 atom stereocenters. The summed E-state index contributed by atoms with van der Waals surface area (Å²) >= 11 is 0. The summed E-state index contributed by atoms with van der Waals surface area (Å²) in [5.41, 5.74) is 0.123. The third-order valence-corrected chi connectivity index (χ3v) is 4.16. The first-order chi connectivity index (χ1) is 9.10. The van der Waals surface area contributed by atoms with Crippen molar-refractivity contribution in [2.45, 2.75) is 59.3 Å². The van der Waals surface area contributed by atoms with E-state index < -0.39 is 23.6 Å². The van der Waals surface area contributed by atoms with Gasteiger partial charge in [-0.05, 0) is 43.9 Å². The van der Waals surface area contributed by atoms with Crippen molar-refractivity contribution >= 4 is 11.8 Å². The van der Waals surface area contributed by atoms with Crippen LogP contribution in [-0.4, -0.2) is 24.3 Å². The van der Waals surface area contributed by atoms with Crippen molar-refractivity contribution in [2.75, 3.05) is 6.61 Å². The van der Waals surface area contributed by atoms with Gasteiger partial charge in [-0.2, -0.15) is 8.78 Å². The number of hydrogen-bond acceptors (Lipinski definition) is 3. The highest BCUT2D eigenvalue weighted by Gasteiger charge is 2.52. The Hall–Kier alpha value is -1.00. The van der Waals surface area contributed by atoms with Crippen LogP contribution in [0.5, 0.6) is 0 Å². The maximum atomic E-state index is 13.7. The van der Waals surface area contributed by atoms with Gasteiger partial charge in [0.1, 0.15) is 0 Å². The van der Waals surface area contributed by atoms with Crippen molar-refractivity contribution in [1.82, 2.24) is 0 Å². The topological polar surface area (TPSA) is 43.4 Å². The molecular weight excluding hydrogens is 266 g/mol. The van der Waals surface area contributed by atoms with E-state index in [1.165, 1.54) is 6.92 Å². The van der Waals surface area contributed by atoms with Gasteiger partial charge in [0.05, 0.1) is 6.61 Å². The fourth-order valence-corrected chi connectivity index (χ4v) is 2.80. The number of ketones is 1. The summed E-state index contributed by atoms with van der Waals surface area (Å²) in [5.74, 6) is -7.29. The SMILES string of the molecule is CCOC(=O)C(F)(F)C(=O)C1CCC(C(C)(C)C)CC1. The molecule has 5 heteroatoms. The Kier molecular flexibility index (Phi) is 5.27. The molecule has 0 heterocycles. The van der Waals surface area contributed by atoms with Crippen molar-refractivity contribution < 1.29 is 23.1 Å². The monoisotopic (exact) mass is 290 g/mol. The molecule has 1 aliphatic carbocycles. The Bertz CT molecular complexity index is 364. The molecule has 1 fully saturated rings. The van der Waals surface area contributed by atoms with Gasteiger partial charge in [-0.1, -0.05) is 20.8 Å². The van der Waals surface area contributed by atoms with E-state index in [2.05, 4.69) is 25.5 Å². The Labute approximate surface area is 119 Å². The van der Waals surface area contributed by atoms with Gasteiger partial charge in [-0.15, -0.1) is 0 Å². The van der Waals surface area contributed by atoms with Gasteiger partial charge in [0.25, 0.3) is 0 Å². The average molecular weight is 290 g/mol. The lowest BCUT2D eigenvalue weighted by Crippen LogP contribution is -2.44. The van der Waals surface area contributed by atoms with Crippen LogP contribution in [-0.2, 0) is 14.3 Å². The minimum Gasteiger partial charge on any atom is -0.461 e. The van der Waals surface area contributed by atoms with Crippen molar-refractivity contribution in [3.63, 3.8) is 0 Å². The van der Waals surface area contributed by atoms with Gasteiger partial charge >= 0.3 is 11.9 Å². The fourth-order valence-electron chi connectivity index (χ4n) is 2.80. The van der Waals surface area contributed by atoms with E-state index in [1.807, 2.05) is 0 Å². The number of esters is 1. The van der Waals surface area contributed by atoms with Crippen LogP contribution >= 0.6 is 0 Å². The van der Waals surface area contributed by atoms with Gasteiger partial charge in [0.15, 0.2) is 0 Å². The second-order valence-corrected chi connectivity index (χ2v) is 6.57. The Balaban J connectivity index is 2.65. The highest BCUT2D eigenvalue weighted by atomic mass is 19.3. The molecule has 0 unspecified atom stereocenters. The molecule has 0 aromatic rings. The maximum Gasteiger partial charge on any atom is 0.400 e. The summed E-state index contributed by atoms with van der Waals surface area (Å²) in [6, 6.07) is 0. The van der Waals surface area contributed by atoms with Crippen molar-refractivity contribution in [3.8, 4) is 0 Å². The molecule has 0 N–H and O–H groups in total. The molecule has 1 saturated carbocycles. The van der Waals surface area contributed by atoms with Crippen molar-refractivity contribution in [2.24, 2.45) is 17.3 Å². The van der Waals surface area contributed by atoms with Gasteiger partial charge in [-0.3, -0.25) is 4.79 Å². The second kappa shape index (κ2) is 6.19. The van der Waals surface area contributed by atoms with Gasteiger partial charge in [0.2, 0.25) is 5.78 Å². The molecule has 0 aliphatic heterocycles. The largest absolute Gasteiger partial charge is 0.461 e. The van der Waals surface area contributed by atoms with E-state index in [0.717, 1.165) is 12.8 Å². The molecule has 3 nitrogen and oxygen atoms in total. The van der Waals surface area contributed by atoms with E-state index in [1.54, 1.807) is 0 Å². The zero-order valence-electron chi connectivity index (χ0n) is 12.7. The predicted octanol–water partition coefficient (Wildman–Crippen LogP) is 3.61. The molecule has 0 spiro atoms. The molecule has 0 bridgehead atoms. The van der Waals surface area contributed by atoms with Crippen LogP contribution in [0.2, 0.25) is 0 Å². The summed E-state index contributed by atoms with van der Waals surface area (Å²) in [6.07, 6.45) is 2.35. The predicted molar refractivity (Wildman–Crippen MR) is 71.5 cm³/mol. The van der Waals surface area contributed by atoms with Crippen LogP contribution in [0, 0.1) is 17.3 Å². The normalized spacial score (nSPS) is 24.3. The third kappa shape index (κ3) is 3.76. The first-order valence-electron chi connectivity index (χ1n) is 7.20. The number of carbonyl (C=O) groups is 2. The molecular formula is C15H24F2O3. The lowest BCUT2D eigenvalue weighted by molar-refractivity contribution is -0.178. The summed E-state index contributed by atoms with van der Waals surface area (Å²) in [5, 5.41) is 0. The van der Waals surface area contributed by atoms with Crippen LogP contribution < -0.4 is 0 Å². The number of Topliss-reactive ketones (excluding diaryl/α,β-unsaturated/α-hetero) is 1. The highest BCUT2D eigenvalue weighted by Crippen LogP contribution is 2.41. The minimum atomic E-state index is -4.00. The molecule has 20 heavy (non-hydrogen) atoms. The quantitative estimate of drug-likeness (QED) is 0.587. The molecule has 0 amide bonds. The summed E-state index contributed by atoms with van der Waals surface area (Å²) < 4.78 is 31.7. The lowest BCUT2D eigenvalue weighted by atomic mass is 9.69. The number of rotatable bonds is 4. The number of halogens is 2. The van der Waals surface area contributed by atoms with Gasteiger partial charge < -0.3 is 4.74 Å². The smallest absolute Gasteiger partial charge is 0.400 e. The number of hydrogen-bond donors (Lipinski definition) is 0. The fraction of sp³-hybridized carbons (Fsp3) is 0.867. The Morgan fingerprint density at radius 2 is 1.60 bits per heavy atom. The second-order valence-electron chi connectivity index (χ2n) is 6.57. The first kappa shape index (κ1) is 17.1. The van der Waals surface area contributed by atoms with Crippen LogP contribution in [0.3, 0.4) is 0 Å². The molecule has 1 rings (SSSR count). The lowest BCUT2D eigenvalue weighted by Gasteiger charge is -2.36. The summed E-state index contributed by atoms with van der Waals surface area (Å²) in [7, 11) is 0. The van der Waals surface area contributed by atoms with E-state index in [9.17, 15) is 18.4 Å². The van der Waals surface area contributed by atoms with Gasteiger partial charge in [0, 0.05) is 5.92 Å². The first-order valence-corrected chi connectivity index (χ1v) is 7.20. The summed E-state index contributed by atoms with van der Waals surface area (Å²) in [4.78, 5) is 23.0. The standard InChI is InChI=1S/C15H24F2O3/c1-5-20-13(19)15(16,17)12(18)10-6-8-11(9-7-10)14(2,3)4/h10-11H,5-9H2,1-4H3. The van der Waals surface area contributed by atoms with E-state index in [4.69, 9.17) is 0 Å². The molecule has 116 valence electrons. The van der Waals surface area contributed by atoms with Crippen LogP contribution in [0.25, 0.3) is 0 Å². The van der Waals surface area contributed by atoms with Crippen molar-refractivity contribution in [3.05, 3.63) is 0 Å². The van der Waals surface area contributed by atoms with E-state index in [-0.39, 0.29) is 12.0 Å². The Morgan fingerprint density at radius 1 is 1.10 bits per heavy atom. The molecule has 0 aromatic carbocycles. The van der Waals surface area contributed by atoms with Crippen LogP contribution in [0.1, 0.15) is 53.4 Å². The zero-order valence-corrected chi connectivity index (χ0v) is 12.7. The molecule has 0 aromatic heterocycles.